The molecule has 1 amide bonds. The van der Waals surface area contributed by atoms with Gasteiger partial charge in [0.25, 0.3) is 0 Å². The van der Waals surface area contributed by atoms with Crippen molar-refractivity contribution in [2.45, 2.75) is 77.3 Å². The minimum Gasteiger partial charge on any atom is -0.356 e. The van der Waals surface area contributed by atoms with E-state index in [1.54, 1.807) is 0 Å². The molecule has 4 rings (SSSR count). The smallest absolute Gasteiger partial charge is 0.225 e. The van der Waals surface area contributed by atoms with E-state index in [2.05, 4.69) is 38.8 Å². The van der Waals surface area contributed by atoms with Gasteiger partial charge >= 0.3 is 0 Å². The fraction of sp³-hybridized carbons (Fsp3) is 0.792. The van der Waals surface area contributed by atoms with Crippen molar-refractivity contribution in [1.29, 1.82) is 0 Å². The van der Waals surface area contributed by atoms with Crippen LogP contribution in [-0.2, 0) is 4.79 Å². The molecule has 3 aliphatic rings. The Hall–Kier alpha value is -1.89. The quantitative estimate of drug-likeness (QED) is 0.749. The molecule has 3 unspecified atom stereocenters. The minimum absolute atomic E-state index is 0.139. The number of aromatic nitrogens is 2. The van der Waals surface area contributed by atoms with Crippen molar-refractivity contribution in [2.24, 2.45) is 5.92 Å². The summed E-state index contributed by atoms with van der Waals surface area (Å²) >= 11 is 0. The summed E-state index contributed by atoms with van der Waals surface area (Å²) in [5.41, 5.74) is 0. The van der Waals surface area contributed by atoms with Crippen molar-refractivity contribution in [3.8, 4) is 0 Å². The predicted molar refractivity (Wildman–Crippen MR) is 125 cm³/mol. The zero-order valence-corrected chi connectivity index (χ0v) is 19.4. The van der Waals surface area contributed by atoms with Crippen LogP contribution in [0.15, 0.2) is 12.3 Å². The minimum atomic E-state index is 0.139. The Kier molecular flexibility index (Phi) is 7.64. The summed E-state index contributed by atoms with van der Waals surface area (Å²) in [6.07, 6.45) is 11.4. The number of anilines is 2. The van der Waals surface area contributed by atoms with Crippen molar-refractivity contribution in [1.82, 2.24) is 19.8 Å². The number of hydrogen-bond acceptors (Lipinski definition) is 6. The molecule has 0 spiro atoms. The van der Waals surface area contributed by atoms with Gasteiger partial charge in [0.2, 0.25) is 11.9 Å². The van der Waals surface area contributed by atoms with Gasteiger partial charge in [-0.15, -0.1) is 0 Å². The first-order valence-electron chi connectivity index (χ1n) is 12.5. The van der Waals surface area contributed by atoms with Crippen LogP contribution in [-0.4, -0.2) is 77.0 Å². The molecule has 3 saturated heterocycles. The van der Waals surface area contributed by atoms with E-state index in [0.717, 1.165) is 70.3 Å². The normalized spacial score (nSPS) is 26.5. The molecular weight excluding hydrogens is 388 g/mol. The molecule has 7 nitrogen and oxygen atoms in total. The van der Waals surface area contributed by atoms with E-state index in [-0.39, 0.29) is 5.92 Å². The second-order valence-corrected chi connectivity index (χ2v) is 9.65. The number of piperidine rings is 1. The van der Waals surface area contributed by atoms with Crippen molar-refractivity contribution in [3.05, 3.63) is 12.3 Å². The second kappa shape index (κ2) is 10.6. The third-order valence-electron chi connectivity index (χ3n) is 7.38. The van der Waals surface area contributed by atoms with Gasteiger partial charge in [-0.3, -0.25) is 9.69 Å². The summed E-state index contributed by atoms with van der Waals surface area (Å²) in [5, 5.41) is 3.60. The monoisotopic (exact) mass is 428 g/mol. The molecule has 0 radical (unpaired) electrons. The van der Waals surface area contributed by atoms with Crippen LogP contribution in [0.2, 0.25) is 0 Å². The number of hydrogen-bond donors (Lipinski definition) is 1. The van der Waals surface area contributed by atoms with Gasteiger partial charge in [-0.2, -0.15) is 4.98 Å². The van der Waals surface area contributed by atoms with E-state index in [1.807, 2.05) is 12.3 Å². The lowest BCUT2D eigenvalue weighted by Gasteiger charge is -2.38. The topological polar surface area (TPSA) is 64.6 Å². The van der Waals surface area contributed by atoms with Crippen molar-refractivity contribution < 1.29 is 4.79 Å². The van der Waals surface area contributed by atoms with Crippen LogP contribution in [0, 0.1) is 5.92 Å². The largest absolute Gasteiger partial charge is 0.356 e. The number of rotatable bonds is 6. The van der Waals surface area contributed by atoms with E-state index in [4.69, 9.17) is 4.98 Å². The second-order valence-electron chi connectivity index (χ2n) is 9.65. The lowest BCUT2D eigenvalue weighted by molar-refractivity contribution is -0.137. The van der Waals surface area contributed by atoms with Gasteiger partial charge in [0.1, 0.15) is 5.82 Å². The average molecular weight is 429 g/mol. The highest BCUT2D eigenvalue weighted by molar-refractivity contribution is 5.78. The fourth-order valence-electron chi connectivity index (χ4n) is 5.25. The molecule has 3 fully saturated rings. The summed E-state index contributed by atoms with van der Waals surface area (Å²) in [5.74, 6) is 2.28. The molecule has 0 aliphatic carbocycles. The van der Waals surface area contributed by atoms with Crippen LogP contribution in [0.1, 0.15) is 65.2 Å². The van der Waals surface area contributed by atoms with Gasteiger partial charge in [-0.05, 0) is 44.6 Å². The van der Waals surface area contributed by atoms with Gasteiger partial charge in [0, 0.05) is 63.5 Å². The van der Waals surface area contributed by atoms with Gasteiger partial charge in [-0.25, -0.2) is 4.98 Å². The van der Waals surface area contributed by atoms with Crippen molar-refractivity contribution in [2.75, 3.05) is 49.5 Å². The zero-order valence-electron chi connectivity index (χ0n) is 19.4. The highest BCUT2D eigenvalue weighted by atomic mass is 16.2. The number of likely N-dealkylation sites (tertiary alicyclic amines) is 2. The molecule has 1 aromatic heterocycles. The van der Waals surface area contributed by atoms with Gasteiger partial charge in [-0.1, -0.05) is 26.7 Å². The first-order valence-corrected chi connectivity index (χ1v) is 12.5. The highest BCUT2D eigenvalue weighted by Crippen LogP contribution is 2.24. The van der Waals surface area contributed by atoms with E-state index in [9.17, 15) is 4.79 Å². The molecular formula is C24H40N6O. The number of carbonyl (C=O) groups is 1. The molecule has 3 atom stereocenters. The Labute approximate surface area is 187 Å². The summed E-state index contributed by atoms with van der Waals surface area (Å²) in [6.45, 7) is 10.3. The van der Waals surface area contributed by atoms with Crippen molar-refractivity contribution in [3.63, 3.8) is 0 Å². The van der Waals surface area contributed by atoms with Crippen LogP contribution in [0.25, 0.3) is 0 Å². The molecule has 31 heavy (non-hydrogen) atoms. The predicted octanol–water partition coefficient (Wildman–Crippen LogP) is 3.38. The highest BCUT2D eigenvalue weighted by Gasteiger charge is 2.33. The standard InChI is InChI=1S/C24H40N6O/c1-3-19(2)23(31)30-15-8-9-21(18-30)29-16-11-20(17-29)26-24-25-12-10-22(27-24)28-13-6-4-5-7-14-28/h10,12,19-21H,3-9,11,13-18H2,1-2H3,(H,25,26,27). The van der Waals surface area contributed by atoms with Gasteiger partial charge in [0.15, 0.2) is 0 Å². The number of amides is 1. The van der Waals surface area contributed by atoms with E-state index in [0.29, 0.717) is 18.0 Å². The number of nitrogens with zero attached hydrogens (tertiary/aromatic N) is 5. The zero-order chi connectivity index (χ0) is 21.6. The van der Waals surface area contributed by atoms with Crippen LogP contribution in [0.5, 0.6) is 0 Å². The molecule has 172 valence electrons. The fourth-order valence-corrected chi connectivity index (χ4v) is 5.25. The van der Waals surface area contributed by atoms with Crippen LogP contribution in [0.3, 0.4) is 0 Å². The summed E-state index contributed by atoms with van der Waals surface area (Å²) in [4.78, 5) is 29.1. The molecule has 1 aromatic rings. The SMILES string of the molecule is CCC(C)C(=O)N1CCCC(N2CCC(Nc3nccc(N4CCCCCC4)n3)C2)C1. The molecule has 1 N–H and O–H groups in total. The Morgan fingerprint density at radius 3 is 2.68 bits per heavy atom. The third kappa shape index (κ3) is 5.68. The Balaban J connectivity index is 1.31. The molecule has 0 aromatic carbocycles. The van der Waals surface area contributed by atoms with Crippen molar-refractivity contribution >= 4 is 17.7 Å². The Bertz CT molecular complexity index is 720. The number of nitrogens with one attached hydrogen (secondary N) is 1. The first kappa shape index (κ1) is 22.3. The van der Waals surface area contributed by atoms with Crippen LogP contribution in [0.4, 0.5) is 11.8 Å². The van der Waals surface area contributed by atoms with Crippen LogP contribution >= 0.6 is 0 Å². The van der Waals surface area contributed by atoms with Gasteiger partial charge in [0.05, 0.1) is 0 Å². The van der Waals surface area contributed by atoms with E-state index >= 15 is 0 Å². The molecule has 7 heteroatoms. The average Bonchev–Trinajstić information content (AvgIpc) is 3.10. The van der Waals surface area contributed by atoms with E-state index < -0.39 is 0 Å². The molecule has 4 heterocycles. The first-order chi connectivity index (χ1) is 15.1. The van der Waals surface area contributed by atoms with Crippen LogP contribution < -0.4 is 10.2 Å². The Morgan fingerprint density at radius 2 is 1.90 bits per heavy atom. The molecule has 3 aliphatic heterocycles. The molecule has 0 bridgehead atoms. The van der Waals surface area contributed by atoms with E-state index in [1.165, 1.54) is 32.1 Å². The Morgan fingerprint density at radius 1 is 1.10 bits per heavy atom. The summed E-state index contributed by atoms with van der Waals surface area (Å²) < 4.78 is 0. The maximum absolute atomic E-state index is 12.7. The molecule has 0 saturated carbocycles. The lowest BCUT2D eigenvalue weighted by Crippen LogP contribution is -2.50. The van der Waals surface area contributed by atoms with Gasteiger partial charge < -0.3 is 15.1 Å². The third-order valence-corrected chi connectivity index (χ3v) is 7.38. The summed E-state index contributed by atoms with van der Waals surface area (Å²) in [7, 11) is 0. The number of carbonyl (C=O) groups excluding carboxylic acids is 1. The maximum Gasteiger partial charge on any atom is 0.225 e. The lowest BCUT2D eigenvalue weighted by atomic mass is 10.0. The summed E-state index contributed by atoms with van der Waals surface area (Å²) in [6, 6.07) is 2.90. The maximum atomic E-state index is 12.7.